The minimum atomic E-state index is -0.797. The van der Waals surface area contributed by atoms with Crippen LogP contribution in [0.15, 0.2) is 30.5 Å². The zero-order valence-electron chi connectivity index (χ0n) is 9.71. The average molecular weight is 231 g/mol. The molecular weight excluding hydrogens is 214 g/mol. The summed E-state index contributed by atoms with van der Waals surface area (Å²) in [6, 6.07) is 8.02. The van der Waals surface area contributed by atoms with Crippen molar-refractivity contribution in [3.8, 4) is 0 Å². The average Bonchev–Trinajstić information content (AvgIpc) is 3.14. The van der Waals surface area contributed by atoms with Crippen molar-refractivity contribution in [2.75, 3.05) is 6.54 Å². The van der Waals surface area contributed by atoms with Gasteiger partial charge in [-0.3, -0.25) is 4.68 Å². The summed E-state index contributed by atoms with van der Waals surface area (Å²) in [6.07, 6.45) is 3.99. The maximum absolute atomic E-state index is 10.5. The largest absolute Gasteiger partial charge is 0.386 e. The molecule has 1 aliphatic carbocycles. The minimum Gasteiger partial charge on any atom is -0.386 e. The van der Waals surface area contributed by atoms with Crippen LogP contribution in [0.1, 0.15) is 12.8 Å². The maximum Gasteiger partial charge on any atom is 0.0992 e. The lowest BCUT2D eigenvalue weighted by Gasteiger charge is -2.26. The van der Waals surface area contributed by atoms with Gasteiger partial charge in [-0.25, -0.2) is 0 Å². The van der Waals surface area contributed by atoms with E-state index in [9.17, 15) is 5.11 Å². The Morgan fingerprint density at radius 2 is 2.18 bits per heavy atom. The first-order valence-electron chi connectivity index (χ1n) is 6.06. The minimum absolute atomic E-state index is 0.297. The van der Waals surface area contributed by atoms with E-state index in [2.05, 4.69) is 5.10 Å². The van der Waals surface area contributed by atoms with E-state index in [4.69, 9.17) is 5.73 Å². The summed E-state index contributed by atoms with van der Waals surface area (Å²) in [7, 11) is 0. The molecule has 1 aromatic heterocycles. The normalized spacial score (nSPS) is 19.4. The summed E-state index contributed by atoms with van der Waals surface area (Å²) >= 11 is 0. The molecule has 0 saturated heterocycles. The number of benzene rings is 1. The number of hydrogen-bond acceptors (Lipinski definition) is 3. The van der Waals surface area contributed by atoms with E-state index in [0.717, 1.165) is 23.7 Å². The monoisotopic (exact) mass is 231 g/mol. The Morgan fingerprint density at radius 3 is 2.88 bits per heavy atom. The Bertz CT molecular complexity index is 532. The van der Waals surface area contributed by atoms with Crippen LogP contribution in [0.4, 0.5) is 0 Å². The SMILES string of the molecule is NCC(O)(Cn1ncc2ccccc21)C1CC1. The van der Waals surface area contributed by atoms with Crippen LogP contribution in [0, 0.1) is 5.92 Å². The standard InChI is InChI=1S/C13H17N3O/c14-8-13(17,11-5-6-11)9-16-12-4-2-1-3-10(12)7-15-16/h1-4,7,11,17H,5-6,8-9,14H2. The molecule has 90 valence electrons. The first-order valence-corrected chi connectivity index (χ1v) is 6.06. The van der Waals surface area contributed by atoms with E-state index in [-0.39, 0.29) is 0 Å². The van der Waals surface area contributed by atoms with Crippen LogP contribution in [0.5, 0.6) is 0 Å². The number of nitrogens with zero attached hydrogens (tertiary/aromatic N) is 2. The zero-order chi connectivity index (χ0) is 11.9. The first kappa shape index (κ1) is 10.7. The molecule has 1 unspecified atom stereocenters. The Kier molecular flexibility index (Phi) is 2.42. The number of fused-ring (bicyclic) bond motifs is 1. The lowest BCUT2D eigenvalue weighted by Crippen LogP contribution is -2.44. The van der Waals surface area contributed by atoms with Gasteiger partial charge >= 0.3 is 0 Å². The summed E-state index contributed by atoms with van der Waals surface area (Å²) in [5.74, 6) is 0.343. The number of aliphatic hydroxyl groups is 1. The summed E-state index contributed by atoms with van der Waals surface area (Å²) in [6.45, 7) is 0.785. The smallest absolute Gasteiger partial charge is 0.0992 e. The van der Waals surface area contributed by atoms with Crippen LogP contribution in [0.25, 0.3) is 10.9 Å². The molecule has 3 rings (SSSR count). The van der Waals surface area contributed by atoms with Crippen molar-refractivity contribution in [1.29, 1.82) is 0 Å². The van der Waals surface area contributed by atoms with Crippen LogP contribution in [0.3, 0.4) is 0 Å². The predicted octanol–water partition coefficient (Wildman–Crippen LogP) is 1.14. The van der Waals surface area contributed by atoms with Crippen molar-refractivity contribution < 1.29 is 5.11 Å². The molecule has 4 heteroatoms. The van der Waals surface area contributed by atoms with Gasteiger partial charge in [-0.15, -0.1) is 0 Å². The molecular formula is C13H17N3O. The van der Waals surface area contributed by atoms with Crippen LogP contribution in [-0.2, 0) is 6.54 Å². The Balaban J connectivity index is 1.94. The summed E-state index contributed by atoms with van der Waals surface area (Å²) in [4.78, 5) is 0. The van der Waals surface area contributed by atoms with Gasteiger partial charge in [-0.05, 0) is 24.8 Å². The van der Waals surface area contributed by atoms with Gasteiger partial charge in [-0.2, -0.15) is 5.10 Å². The van der Waals surface area contributed by atoms with E-state index >= 15 is 0 Å². The fourth-order valence-electron chi connectivity index (χ4n) is 2.39. The van der Waals surface area contributed by atoms with E-state index < -0.39 is 5.60 Å². The van der Waals surface area contributed by atoms with Gasteiger partial charge in [-0.1, -0.05) is 18.2 Å². The highest BCUT2D eigenvalue weighted by atomic mass is 16.3. The second-order valence-corrected chi connectivity index (χ2v) is 4.94. The molecule has 17 heavy (non-hydrogen) atoms. The lowest BCUT2D eigenvalue weighted by atomic mass is 9.98. The van der Waals surface area contributed by atoms with Crippen molar-refractivity contribution in [1.82, 2.24) is 9.78 Å². The molecule has 1 fully saturated rings. The van der Waals surface area contributed by atoms with Crippen molar-refractivity contribution in [2.24, 2.45) is 11.7 Å². The van der Waals surface area contributed by atoms with Gasteiger partial charge in [0.15, 0.2) is 0 Å². The number of nitrogens with two attached hydrogens (primary N) is 1. The molecule has 1 aromatic carbocycles. The fraction of sp³-hybridized carbons (Fsp3) is 0.462. The van der Waals surface area contributed by atoms with E-state index in [1.54, 1.807) is 0 Å². The maximum atomic E-state index is 10.5. The van der Waals surface area contributed by atoms with Crippen LogP contribution in [0.2, 0.25) is 0 Å². The fourth-order valence-corrected chi connectivity index (χ4v) is 2.39. The molecule has 1 saturated carbocycles. The molecule has 1 aliphatic rings. The Morgan fingerprint density at radius 1 is 1.41 bits per heavy atom. The molecule has 4 nitrogen and oxygen atoms in total. The van der Waals surface area contributed by atoms with Crippen molar-refractivity contribution in [3.63, 3.8) is 0 Å². The molecule has 1 heterocycles. The van der Waals surface area contributed by atoms with Gasteiger partial charge in [0.2, 0.25) is 0 Å². The highest BCUT2D eigenvalue weighted by Gasteiger charge is 2.43. The summed E-state index contributed by atoms with van der Waals surface area (Å²) < 4.78 is 1.86. The van der Waals surface area contributed by atoms with E-state index in [0.29, 0.717) is 19.0 Å². The molecule has 0 bridgehead atoms. The van der Waals surface area contributed by atoms with Crippen molar-refractivity contribution >= 4 is 10.9 Å². The van der Waals surface area contributed by atoms with E-state index in [1.807, 2.05) is 35.1 Å². The van der Waals surface area contributed by atoms with Gasteiger partial charge in [0.1, 0.15) is 0 Å². The molecule has 0 spiro atoms. The topological polar surface area (TPSA) is 64.1 Å². The third-order valence-corrected chi connectivity index (χ3v) is 3.67. The number of para-hydroxylation sites is 1. The van der Waals surface area contributed by atoms with E-state index in [1.165, 1.54) is 0 Å². The number of aromatic nitrogens is 2. The molecule has 0 aliphatic heterocycles. The zero-order valence-corrected chi connectivity index (χ0v) is 9.71. The molecule has 2 aromatic rings. The highest BCUT2D eigenvalue weighted by Crippen LogP contribution is 2.40. The summed E-state index contributed by atoms with van der Waals surface area (Å²) in [5.41, 5.74) is 5.98. The molecule has 1 atom stereocenters. The number of rotatable bonds is 4. The lowest BCUT2D eigenvalue weighted by molar-refractivity contribution is 0.00742. The van der Waals surface area contributed by atoms with Crippen molar-refractivity contribution in [3.05, 3.63) is 30.5 Å². The highest BCUT2D eigenvalue weighted by molar-refractivity contribution is 5.78. The number of hydrogen-bond donors (Lipinski definition) is 2. The van der Waals surface area contributed by atoms with Gasteiger partial charge in [0.25, 0.3) is 0 Å². The third kappa shape index (κ3) is 1.83. The second kappa shape index (κ2) is 3.82. The Hall–Kier alpha value is -1.39. The molecule has 0 amide bonds. The quantitative estimate of drug-likeness (QED) is 0.829. The van der Waals surface area contributed by atoms with Gasteiger partial charge < -0.3 is 10.8 Å². The summed E-state index contributed by atoms with van der Waals surface area (Å²) in [5, 5.41) is 15.9. The molecule has 0 radical (unpaired) electrons. The Labute approximate surface area is 100 Å². The second-order valence-electron chi connectivity index (χ2n) is 4.94. The van der Waals surface area contributed by atoms with Crippen LogP contribution in [-0.4, -0.2) is 27.0 Å². The van der Waals surface area contributed by atoms with Gasteiger partial charge in [0, 0.05) is 11.9 Å². The predicted molar refractivity (Wildman–Crippen MR) is 66.5 cm³/mol. The van der Waals surface area contributed by atoms with Crippen molar-refractivity contribution in [2.45, 2.75) is 25.0 Å². The third-order valence-electron chi connectivity index (χ3n) is 3.67. The first-order chi connectivity index (χ1) is 8.23. The molecule has 3 N–H and O–H groups in total. The van der Waals surface area contributed by atoms with Crippen LogP contribution < -0.4 is 5.73 Å². The van der Waals surface area contributed by atoms with Crippen LogP contribution >= 0.6 is 0 Å². The van der Waals surface area contributed by atoms with Gasteiger partial charge in [0.05, 0.1) is 23.9 Å².